The van der Waals surface area contributed by atoms with Crippen LogP contribution in [0.5, 0.6) is 5.75 Å². The average molecular weight is 215 g/mol. The van der Waals surface area contributed by atoms with E-state index in [9.17, 15) is 9.79 Å². The van der Waals surface area contributed by atoms with Crippen molar-refractivity contribution in [2.24, 2.45) is 0 Å². The van der Waals surface area contributed by atoms with Crippen LogP contribution in [0.2, 0.25) is 0 Å². The molecule has 1 aromatic carbocycles. The van der Waals surface area contributed by atoms with Gasteiger partial charge in [-0.25, -0.2) is 0 Å². The van der Waals surface area contributed by atoms with E-state index < -0.39 is 8.60 Å². The van der Waals surface area contributed by atoms with Crippen LogP contribution in [0.15, 0.2) is 30.3 Å². The van der Waals surface area contributed by atoms with Gasteiger partial charge in [-0.3, -0.25) is 0 Å². The largest absolute Gasteiger partial charge is 2.00 e. The molecule has 62 valence electrons. The molecule has 0 N–H and O–H groups in total. The number of para-hydroxylation sites is 1. The summed E-state index contributed by atoms with van der Waals surface area (Å²) in [5.74, 6) is 0.346. The molecule has 0 amide bonds. The van der Waals surface area contributed by atoms with Crippen LogP contribution in [-0.4, -0.2) is 0 Å². The van der Waals surface area contributed by atoms with Gasteiger partial charge in [0.15, 0.2) is 0 Å². The molecule has 0 aliphatic heterocycles. The van der Waals surface area contributed by atoms with Crippen molar-refractivity contribution < 1.29 is 30.8 Å². The van der Waals surface area contributed by atoms with Crippen molar-refractivity contribution in [3.63, 3.8) is 0 Å². The molecule has 0 aliphatic carbocycles. The van der Waals surface area contributed by atoms with E-state index in [0.29, 0.717) is 5.75 Å². The zero-order valence-corrected chi connectivity index (χ0v) is 7.26. The van der Waals surface area contributed by atoms with Crippen molar-refractivity contribution in [3.05, 3.63) is 30.3 Å². The molecule has 0 radical (unpaired) electrons. The number of hydrogen-bond acceptors (Lipinski definition) is 3. The minimum Gasteiger partial charge on any atom is -0.810 e. The molecule has 0 heterocycles. The summed E-state index contributed by atoms with van der Waals surface area (Å²) in [6.07, 6.45) is 0. The minimum atomic E-state index is -2.78. The molecule has 0 saturated heterocycles. The van der Waals surface area contributed by atoms with E-state index in [1.54, 1.807) is 30.3 Å². The molecule has 0 fully saturated rings. The van der Waals surface area contributed by atoms with Gasteiger partial charge in [-0.05, 0) is 12.1 Å². The van der Waals surface area contributed by atoms with Gasteiger partial charge in [-0.1, -0.05) is 26.8 Å². The Morgan fingerprint density at radius 2 is 1.64 bits per heavy atom. The summed E-state index contributed by atoms with van der Waals surface area (Å²) in [5, 5.41) is 0. The van der Waals surface area contributed by atoms with Crippen molar-refractivity contribution in [1.29, 1.82) is 0 Å². The van der Waals surface area contributed by atoms with Crippen molar-refractivity contribution in [3.8, 4) is 5.75 Å². The van der Waals surface area contributed by atoms with Gasteiger partial charge < -0.3 is 14.3 Å². The normalized spacial score (nSPS) is 9.00. The third-order valence-electron chi connectivity index (χ3n) is 0.923. The molecule has 0 bridgehead atoms. The molecule has 0 aliphatic rings. The monoisotopic (exact) mass is 214 g/mol. The van der Waals surface area contributed by atoms with Gasteiger partial charge in [0.05, 0.1) is 0 Å². The second kappa shape index (κ2) is 5.51. The Kier molecular flexibility index (Phi) is 5.44. The maximum atomic E-state index is 9.98. The maximum absolute atomic E-state index is 9.98. The fourth-order valence-electron chi connectivity index (χ4n) is 0.567. The fourth-order valence-corrected chi connectivity index (χ4v) is 0.861. The van der Waals surface area contributed by atoms with E-state index in [0.717, 1.165) is 0 Å². The summed E-state index contributed by atoms with van der Waals surface area (Å²) < 4.78 is 4.37. The van der Waals surface area contributed by atoms with E-state index in [1.165, 1.54) is 0 Å². The molecule has 1 aromatic rings. The molecule has 11 heavy (non-hydrogen) atoms. The van der Waals surface area contributed by atoms with Gasteiger partial charge >= 0.3 is 16.5 Å². The zero-order valence-electron chi connectivity index (χ0n) is 5.37. The van der Waals surface area contributed by atoms with Gasteiger partial charge in [0.1, 0.15) is 5.75 Å². The van der Waals surface area contributed by atoms with Crippen LogP contribution in [0, 0.1) is 0 Å². The van der Waals surface area contributed by atoms with Gasteiger partial charge in [0, 0.05) is 0 Å². The number of hydrogen-bond donors (Lipinski definition) is 0. The van der Waals surface area contributed by atoms with Crippen LogP contribution in [0.4, 0.5) is 0 Å². The SMILES string of the molecule is [Ni+2].[O-]P([O-])Oc1ccccc1. The smallest absolute Gasteiger partial charge is 0.810 e. The van der Waals surface area contributed by atoms with E-state index in [1.807, 2.05) is 0 Å². The average Bonchev–Trinajstić information content (AvgIpc) is 1.88. The minimum absolute atomic E-state index is 0. The molecular weight excluding hydrogens is 210 g/mol. The van der Waals surface area contributed by atoms with Crippen molar-refractivity contribution in [2.45, 2.75) is 0 Å². The Hall–Kier alpha value is -0.136. The summed E-state index contributed by atoms with van der Waals surface area (Å²) >= 11 is 0. The van der Waals surface area contributed by atoms with E-state index in [-0.39, 0.29) is 16.5 Å². The van der Waals surface area contributed by atoms with Crippen LogP contribution < -0.4 is 14.3 Å². The van der Waals surface area contributed by atoms with Gasteiger partial charge in [-0.15, -0.1) is 0 Å². The van der Waals surface area contributed by atoms with E-state index in [4.69, 9.17) is 0 Å². The van der Waals surface area contributed by atoms with Crippen LogP contribution in [-0.2, 0) is 16.5 Å². The summed E-state index contributed by atoms with van der Waals surface area (Å²) in [4.78, 5) is 20.0. The quantitative estimate of drug-likeness (QED) is 0.515. The predicted molar refractivity (Wildman–Crippen MR) is 34.0 cm³/mol. The van der Waals surface area contributed by atoms with Crippen LogP contribution in [0.3, 0.4) is 0 Å². The first-order valence-electron chi connectivity index (χ1n) is 2.66. The molecule has 0 unspecified atom stereocenters. The fraction of sp³-hybridized carbons (Fsp3) is 0. The Labute approximate surface area is 75.9 Å². The van der Waals surface area contributed by atoms with Crippen molar-refractivity contribution in [1.82, 2.24) is 0 Å². The van der Waals surface area contributed by atoms with E-state index in [2.05, 4.69) is 4.52 Å². The molecule has 5 heteroatoms. The Balaban J connectivity index is 0.000001000. The van der Waals surface area contributed by atoms with Gasteiger partial charge in [0.2, 0.25) is 0 Å². The number of benzene rings is 1. The first-order valence-corrected chi connectivity index (χ1v) is 3.76. The first-order chi connectivity index (χ1) is 4.79. The number of rotatable bonds is 2. The summed E-state index contributed by atoms with van der Waals surface area (Å²) in [6.45, 7) is 0. The Morgan fingerprint density at radius 1 is 1.09 bits per heavy atom. The Bertz CT molecular complexity index is 192. The van der Waals surface area contributed by atoms with E-state index >= 15 is 0 Å². The molecule has 3 nitrogen and oxygen atoms in total. The molecule has 1 rings (SSSR count). The molecular formula is C6H5NiO3P. The van der Waals surface area contributed by atoms with Crippen LogP contribution in [0.1, 0.15) is 0 Å². The Morgan fingerprint density at radius 3 is 2.09 bits per heavy atom. The van der Waals surface area contributed by atoms with Crippen molar-refractivity contribution >= 4 is 8.60 Å². The topological polar surface area (TPSA) is 55.3 Å². The third kappa shape index (κ3) is 4.33. The molecule has 0 atom stereocenters. The van der Waals surface area contributed by atoms with Gasteiger partial charge in [-0.2, -0.15) is 0 Å². The van der Waals surface area contributed by atoms with Crippen LogP contribution >= 0.6 is 8.60 Å². The first kappa shape index (κ1) is 10.9. The standard InChI is InChI=1S/C6H5O3P.Ni/c7-10(8)9-6-4-2-1-3-5-6;/h1-5H;/q-2;+2. The molecule has 0 aromatic heterocycles. The second-order valence-corrected chi connectivity index (χ2v) is 2.26. The van der Waals surface area contributed by atoms with Crippen LogP contribution in [0.25, 0.3) is 0 Å². The molecule has 0 saturated carbocycles. The third-order valence-corrected chi connectivity index (χ3v) is 1.28. The summed E-state index contributed by atoms with van der Waals surface area (Å²) in [7, 11) is -2.78. The zero-order chi connectivity index (χ0) is 7.40. The summed E-state index contributed by atoms with van der Waals surface area (Å²) in [5.41, 5.74) is 0. The second-order valence-electron chi connectivity index (χ2n) is 1.63. The van der Waals surface area contributed by atoms with Crippen molar-refractivity contribution in [2.75, 3.05) is 0 Å². The summed E-state index contributed by atoms with van der Waals surface area (Å²) in [6, 6.07) is 8.34. The predicted octanol–water partition coefficient (Wildman–Crippen LogP) is 0.0104. The maximum Gasteiger partial charge on any atom is 2.00 e. The molecule has 0 spiro atoms. The van der Waals surface area contributed by atoms with Gasteiger partial charge in [0.25, 0.3) is 0 Å².